The maximum atomic E-state index is 12.4. The first-order chi connectivity index (χ1) is 13.0. The lowest BCUT2D eigenvalue weighted by atomic mass is 10.2. The Morgan fingerprint density at radius 3 is 2.67 bits per heavy atom. The minimum absolute atomic E-state index is 0.0436. The van der Waals surface area contributed by atoms with Gasteiger partial charge < -0.3 is 5.32 Å². The van der Waals surface area contributed by atoms with Crippen LogP contribution in [0.2, 0.25) is 0 Å². The summed E-state index contributed by atoms with van der Waals surface area (Å²) in [7, 11) is 1.93. The number of nitrogens with one attached hydrogen (secondary N) is 1. The molecule has 142 valence electrons. The van der Waals surface area contributed by atoms with Gasteiger partial charge in [0, 0.05) is 24.0 Å². The predicted octanol–water partition coefficient (Wildman–Crippen LogP) is 3.71. The summed E-state index contributed by atoms with van der Waals surface area (Å²) < 4.78 is 1.90. The van der Waals surface area contributed by atoms with Gasteiger partial charge in [-0.2, -0.15) is 5.10 Å². The highest BCUT2D eigenvalue weighted by molar-refractivity contribution is 7.13. The monoisotopic (exact) mass is 383 g/mol. The molecule has 0 saturated carbocycles. The van der Waals surface area contributed by atoms with Crippen LogP contribution in [-0.2, 0) is 17.9 Å². The summed E-state index contributed by atoms with van der Waals surface area (Å²) in [5.41, 5.74) is 4.74. The number of thiazole rings is 1. The second-order valence-corrected chi connectivity index (χ2v) is 7.45. The van der Waals surface area contributed by atoms with E-state index < -0.39 is 0 Å². The van der Waals surface area contributed by atoms with Crippen LogP contribution < -0.4 is 5.32 Å². The number of anilines is 1. The van der Waals surface area contributed by atoms with Crippen molar-refractivity contribution in [2.75, 3.05) is 18.9 Å². The van der Waals surface area contributed by atoms with Crippen molar-refractivity contribution in [3.8, 4) is 10.6 Å². The molecule has 2 heterocycles. The SMILES string of the molecule is CCn1nc(C)c(NC(=O)CN(C)Cc2csc(-c3ccccc3)n2)c1C. The molecule has 0 spiro atoms. The average Bonchev–Trinajstić information content (AvgIpc) is 3.22. The Labute approximate surface area is 163 Å². The molecular formula is C20H25N5OS. The summed E-state index contributed by atoms with van der Waals surface area (Å²) in [4.78, 5) is 19.1. The highest BCUT2D eigenvalue weighted by atomic mass is 32.1. The number of benzene rings is 1. The third-order valence-electron chi connectivity index (χ3n) is 4.36. The van der Waals surface area contributed by atoms with Crippen molar-refractivity contribution in [2.45, 2.75) is 33.9 Å². The van der Waals surface area contributed by atoms with Crippen LogP contribution in [-0.4, -0.2) is 39.2 Å². The zero-order valence-electron chi connectivity index (χ0n) is 16.2. The molecule has 3 rings (SSSR count). The Kier molecular flexibility index (Phi) is 6.03. The molecule has 0 aliphatic heterocycles. The second-order valence-electron chi connectivity index (χ2n) is 6.59. The van der Waals surface area contributed by atoms with Gasteiger partial charge in [0.15, 0.2) is 0 Å². The quantitative estimate of drug-likeness (QED) is 0.675. The normalized spacial score (nSPS) is 11.1. The van der Waals surface area contributed by atoms with Crippen LogP contribution in [0.3, 0.4) is 0 Å². The standard InChI is InChI=1S/C20H25N5OS/c1-5-25-15(3)19(14(2)23-25)22-18(26)12-24(4)11-17-13-27-20(21-17)16-9-7-6-8-10-16/h6-10,13H,5,11-12H2,1-4H3,(H,22,26). The van der Waals surface area contributed by atoms with Crippen LogP contribution in [0.25, 0.3) is 10.6 Å². The van der Waals surface area contributed by atoms with Gasteiger partial charge in [0.25, 0.3) is 0 Å². The van der Waals surface area contributed by atoms with Crippen LogP contribution in [0.15, 0.2) is 35.7 Å². The fourth-order valence-electron chi connectivity index (χ4n) is 3.04. The Balaban J connectivity index is 1.58. The van der Waals surface area contributed by atoms with E-state index in [1.54, 1.807) is 11.3 Å². The van der Waals surface area contributed by atoms with Gasteiger partial charge >= 0.3 is 0 Å². The third-order valence-corrected chi connectivity index (χ3v) is 5.30. The summed E-state index contributed by atoms with van der Waals surface area (Å²) in [6.07, 6.45) is 0. The highest BCUT2D eigenvalue weighted by Gasteiger charge is 2.15. The van der Waals surface area contributed by atoms with Crippen LogP contribution in [0.4, 0.5) is 5.69 Å². The van der Waals surface area contributed by atoms with Crippen molar-refractivity contribution < 1.29 is 4.79 Å². The first-order valence-electron chi connectivity index (χ1n) is 9.00. The van der Waals surface area contributed by atoms with Gasteiger partial charge in [0.2, 0.25) is 5.91 Å². The van der Waals surface area contributed by atoms with E-state index in [4.69, 9.17) is 0 Å². The molecule has 0 saturated heterocycles. The van der Waals surface area contributed by atoms with E-state index in [9.17, 15) is 4.79 Å². The van der Waals surface area contributed by atoms with E-state index in [2.05, 4.69) is 32.9 Å². The maximum Gasteiger partial charge on any atom is 0.238 e. The van der Waals surface area contributed by atoms with Crippen LogP contribution in [0.5, 0.6) is 0 Å². The summed E-state index contributed by atoms with van der Waals surface area (Å²) in [6, 6.07) is 10.1. The number of hydrogen-bond acceptors (Lipinski definition) is 5. The van der Waals surface area contributed by atoms with E-state index in [1.807, 2.05) is 55.6 Å². The van der Waals surface area contributed by atoms with Gasteiger partial charge in [-0.15, -0.1) is 11.3 Å². The highest BCUT2D eigenvalue weighted by Crippen LogP contribution is 2.24. The molecule has 0 aliphatic rings. The third kappa shape index (κ3) is 4.61. The first kappa shape index (κ1) is 19.3. The van der Waals surface area contributed by atoms with Crippen LogP contribution in [0.1, 0.15) is 24.0 Å². The molecule has 27 heavy (non-hydrogen) atoms. The average molecular weight is 384 g/mol. The lowest BCUT2D eigenvalue weighted by Gasteiger charge is -2.15. The number of aromatic nitrogens is 3. The molecule has 2 aromatic heterocycles. The van der Waals surface area contributed by atoms with E-state index in [1.165, 1.54) is 0 Å². The molecule has 6 nitrogen and oxygen atoms in total. The summed E-state index contributed by atoms with van der Waals surface area (Å²) in [5.74, 6) is -0.0436. The number of rotatable bonds is 7. The topological polar surface area (TPSA) is 63.1 Å². The van der Waals surface area contributed by atoms with E-state index in [-0.39, 0.29) is 5.91 Å². The number of amides is 1. The Bertz CT molecular complexity index is 916. The van der Waals surface area contributed by atoms with Crippen LogP contribution in [0, 0.1) is 13.8 Å². The van der Waals surface area contributed by atoms with Crippen molar-refractivity contribution in [1.82, 2.24) is 19.7 Å². The molecule has 7 heteroatoms. The van der Waals surface area contributed by atoms with Crippen molar-refractivity contribution in [2.24, 2.45) is 0 Å². The van der Waals surface area contributed by atoms with Crippen molar-refractivity contribution in [1.29, 1.82) is 0 Å². The zero-order chi connectivity index (χ0) is 19.4. The molecule has 0 bridgehead atoms. The predicted molar refractivity (Wildman–Crippen MR) is 110 cm³/mol. The Hall–Kier alpha value is -2.51. The van der Waals surface area contributed by atoms with Crippen molar-refractivity contribution in [3.05, 3.63) is 52.8 Å². The lowest BCUT2D eigenvalue weighted by molar-refractivity contribution is -0.117. The Morgan fingerprint density at radius 1 is 1.26 bits per heavy atom. The Morgan fingerprint density at radius 2 is 2.00 bits per heavy atom. The molecule has 0 radical (unpaired) electrons. The smallest absolute Gasteiger partial charge is 0.238 e. The summed E-state index contributed by atoms with van der Waals surface area (Å²) in [6.45, 7) is 7.64. The fraction of sp³-hybridized carbons (Fsp3) is 0.350. The molecule has 1 amide bonds. The minimum atomic E-state index is -0.0436. The molecule has 3 aromatic rings. The van der Waals surface area contributed by atoms with Gasteiger partial charge in [-0.25, -0.2) is 4.98 Å². The van der Waals surface area contributed by atoms with E-state index >= 15 is 0 Å². The van der Waals surface area contributed by atoms with E-state index in [0.717, 1.165) is 39.9 Å². The first-order valence-corrected chi connectivity index (χ1v) is 9.88. The molecule has 1 aromatic carbocycles. The largest absolute Gasteiger partial charge is 0.322 e. The van der Waals surface area contributed by atoms with Gasteiger partial charge in [0.05, 0.1) is 29.3 Å². The minimum Gasteiger partial charge on any atom is -0.322 e. The molecule has 0 fully saturated rings. The second kappa shape index (κ2) is 8.45. The molecule has 0 unspecified atom stereocenters. The molecule has 1 N–H and O–H groups in total. The van der Waals surface area contributed by atoms with Gasteiger partial charge in [0.1, 0.15) is 5.01 Å². The van der Waals surface area contributed by atoms with Gasteiger partial charge in [-0.05, 0) is 27.8 Å². The van der Waals surface area contributed by atoms with Crippen LogP contribution >= 0.6 is 11.3 Å². The van der Waals surface area contributed by atoms with E-state index in [0.29, 0.717) is 13.1 Å². The van der Waals surface area contributed by atoms with Gasteiger partial charge in [-0.1, -0.05) is 30.3 Å². The molecule has 0 aliphatic carbocycles. The van der Waals surface area contributed by atoms with Gasteiger partial charge in [-0.3, -0.25) is 14.4 Å². The number of hydrogen-bond donors (Lipinski definition) is 1. The number of likely N-dealkylation sites (N-methyl/N-ethyl adjacent to an activating group) is 1. The number of aryl methyl sites for hydroxylation is 2. The maximum absolute atomic E-state index is 12.4. The lowest BCUT2D eigenvalue weighted by Crippen LogP contribution is -2.30. The number of carbonyl (C=O) groups excluding carboxylic acids is 1. The number of carbonyl (C=O) groups is 1. The molecular weight excluding hydrogens is 358 g/mol. The van der Waals surface area contributed by atoms with Crippen molar-refractivity contribution in [3.63, 3.8) is 0 Å². The summed E-state index contributed by atoms with van der Waals surface area (Å²) in [5, 5.41) is 10.5. The number of nitrogens with zero attached hydrogens (tertiary/aromatic N) is 4. The summed E-state index contributed by atoms with van der Waals surface area (Å²) >= 11 is 1.63. The fourth-order valence-corrected chi connectivity index (χ4v) is 3.85. The molecule has 0 atom stereocenters. The van der Waals surface area contributed by atoms with Crippen molar-refractivity contribution >= 4 is 22.9 Å². The zero-order valence-corrected chi connectivity index (χ0v) is 17.0.